The number of ether oxygens (including phenoxy) is 1. The summed E-state index contributed by atoms with van der Waals surface area (Å²) in [6.07, 6.45) is 0. The van der Waals surface area contributed by atoms with E-state index in [1.54, 1.807) is 23.5 Å². The van der Waals surface area contributed by atoms with Crippen molar-refractivity contribution in [3.8, 4) is 11.8 Å². The second-order valence-corrected chi connectivity index (χ2v) is 6.78. The van der Waals surface area contributed by atoms with Crippen molar-refractivity contribution < 1.29 is 4.74 Å². The van der Waals surface area contributed by atoms with Gasteiger partial charge in [-0.3, -0.25) is 4.90 Å². The Balaban J connectivity index is 1.76. The molecule has 2 rings (SSSR count). The van der Waals surface area contributed by atoms with Crippen molar-refractivity contribution >= 4 is 27.3 Å². The molecule has 1 aromatic heterocycles. The maximum atomic E-state index is 8.83. The van der Waals surface area contributed by atoms with Gasteiger partial charge in [-0.25, -0.2) is 0 Å². The molecule has 0 amide bonds. The van der Waals surface area contributed by atoms with Crippen LogP contribution in [0.4, 0.5) is 0 Å². The summed E-state index contributed by atoms with van der Waals surface area (Å²) >= 11 is 5.17. The van der Waals surface area contributed by atoms with E-state index in [4.69, 9.17) is 10.00 Å². The van der Waals surface area contributed by atoms with Gasteiger partial charge < -0.3 is 4.74 Å². The van der Waals surface area contributed by atoms with Crippen molar-refractivity contribution in [1.29, 1.82) is 5.26 Å². The Morgan fingerprint density at radius 2 is 2.25 bits per heavy atom. The molecule has 0 unspecified atom stereocenters. The SMILES string of the molecule is CN(CCOc1cccc(C#N)c1)Cc1csc(Br)c1. The van der Waals surface area contributed by atoms with E-state index in [1.807, 2.05) is 12.1 Å². The van der Waals surface area contributed by atoms with Crippen LogP contribution >= 0.6 is 27.3 Å². The molecule has 0 spiro atoms. The standard InChI is InChI=1S/C15H15BrN2OS/c1-18(10-13-8-15(16)20-11-13)5-6-19-14-4-2-3-12(7-14)9-17/h2-4,7-8,11H,5-6,10H2,1H3. The number of likely N-dealkylation sites (N-methyl/N-ethyl adjacent to an activating group) is 1. The van der Waals surface area contributed by atoms with Gasteiger partial charge in [0.05, 0.1) is 15.4 Å². The van der Waals surface area contributed by atoms with Gasteiger partial charge in [-0.15, -0.1) is 11.3 Å². The fourth-order valence-corrected chi connectivity index (χ4v) is 2.99. The van der Waals surface area contributed by atoms with Crippen LogP contribution in [0.3, 0.4) is 0 Å². The van der Waals surface area contributed by atoms with E-state index in [-0.39, 0.29) is 0 Å². The Kier molecular flexibility index (Phi) is 5.60. The van der Waals surface area contributed by atoms with Crippen LogP contribution in [-0.2, 0) is 6.54 Å². The molecule has 0 aliphatic rings. The molecule has 0 aliphatic heterocycles. The number of halogens is 1. The van der Waals surface area contributed by atoms with Crippen molar-refractivity contribution in [2.75, 3.05) is 20.2 Å². The van der Waals surface area contributed by atoms with Crippen molar-refractivity contribution in [2.24, 2.45) is 0 Å². The van der Waals surface area contributed by atoms with Gasteiger partial charge in [-0.1, -0.05) is 6.07 Å². The summed E-state index contributed by atoms with van der Waals surface area (Å²) in [6, 6.07) is 11.5. The third-order valence-electron chi connectivity index (χ3n) is 2.78. The zero-order valence-electron chi connectivity index (χ0n) is 11.2. The number of hydrogen-bond acceptors (Lipinski definition) is 4. The zero-order chi connectivity index (χ0) is 14.4. The van der Waals surface area contributed by atoms with Gasteiger partial charge >= 0.3 is 0 Å². The van der Waals surface area contributed by atoms with E-state index in [9.17, 15) is 0 Å². The predicted molar refractivity (Wildman–Crippen MR) is 85.0 cm³/mol. The summed E-state index contributed by atoms with van der Waals surface area (Å²) < 4.78 is 6.82. The number of hydrogen-bond donors (Lipinski definition) is 0. The summed E-state index contributed by atoms with van der Waals surface area (Å²) in [4.78, 5) is 2.21. The monoisotopic (exact) mass is 350 g/mol. The lowest BCUT2D eigenvalue weighted by Crippen LogP contribution is -2.23. The Morgan fingerprint density at radius 3 is 2.95 bits per heavy atom. The highest BCUT2D eigenvalue weighted by atomic mass is 79.9. The Hall–Kier alpha value is -1.35. The second kappa shape index (κ2) is 7.44. The van der Waals surface area contributed by atoms with Gasteiger partial charge in [0.25, 0.3) is 0 Å². The van der Waals surface area contributed by atoms with Gasteiger partial charge in [0, 0.05) is 13.1 Å². The van der Waals surface area contributed by atoms with Crippen molar-refractivity contribution in [1.82, 2.24) is 4.90 Å². The maximum absolute atomic E-state index is 8.83. The summed E-state index contributed by atoms with van der Waals surface area (Å²) in [5.41, 5.74) is 1.93. The number of nitriles is 1. The van der Waals surface area contributed by atoms with E-state index in [2.05, 4.69) is 45.4 Å². The van der Waals surface area contributed by atoms with Crippen LogP contribution in [0.25, 0.3) is 0 Å². The molecular weight excluding hydrogens is 336 g/mol. The minimum atomic E-state index is 0.608. The van der Waals surface area contributed by atoms with E-state index in [0.29, 0.717) is 12.2 Å². The first-order chi connectivity index (χ1) is 9.67. The largest absolute Gasteiger partial charge is 0.492 e. The fourth-order valence-electron chi connectivity index (χ4n) is 1.79. The first-order valence-electron chi connectivity index (χ1n) is 6.22. The normalized spacial score (nSPS) is 10.5. The molecule has 0 N–H and O–H groups in total. The lowest BCUT2D eigenvalue weighted by Gasteiger charge is -2.16. The van der Waals surface area contributed by atoms with Gasteiger partial charge in [-0.2, -0.15) is 5.26 Å². The predicted octanol–water partition coefficient (Wildman–Crippen LogP) is 3.89. The molecule has 1 heterocycles. The van der Waals surface area contributed by atoms with Gasteiger partial charge in [-0.05, 0) is 58.2 Å². The van der Waals surface area contributed by atoms with Crippen molar-refractivity contribution in [2.45, 2.75) is 6.54 Å². The molecule has 0 aliphatic carbocycles. The van der Waals surface area contributed by atoms with E-state index >= 15 is 0 Å². The van der Waals surface area contributed by atoms with E-state index in [1.165, 1.54) is 5.56 Å². The molecule has 104 valence electrons. The number of nitrogens with zero attached hydrogens (tertiary/aromatic N) is 2. The molecule has 3 nitrogen and oxygen atoms in total. The highest BCUT2D eigenvalue weighted by Crippen LogP contribution is 2.21. The minimum absolute atomic E-state index is 0.608. The number of benzene rings is 1. The maximum Gasteiger partial charge on any atom is 0.120 e. The molecule has 0 radical (unpaired) electrons. The lowest BCUT2D eigenvalue weighted by atomic mass is 10.2. The quantitative estimate of drug-likeness (QED) is 0.792. The lowest BCUT2D eigenvalue weighted by molar-refractivity contribution is 0.233. The highest BCUT2D eigenvalue weighted by molar-refractivity contribution is 9.11. The number of thiophene rings is 1. The third-order valence-corrected chi connectivity index (χ3v) is 4.33. The smallest absolute Gasteiger partial charge is 0.120 e. The van der Waals surface area contributed by atoms with Crippen molar-refractivity contribution in [3.05, 3.63) is 50.6 Å². The summed E-state index contributed by atoms with van der Waals surface area (Å²) in [6.45, 7) is 2.35. The summed E-state index contributed by atoms with van der Waals surface area (Å²) in [7, 11) is 2.07. The Bertz CT molecular complexity index is 606. The van der Waals surface area contributed by atoms with Crippen LogP contribution in [0.15, 0.2) is 39.5 Å². The Morgan fingerprint density at radius 1 is 1.40 bits per heavy atom. The van der Waals surface area contributed by atoms with Crippen molar-refractivity contribution in [3.63, 3.8) is 0 Å². The number of rotatable bonds is 6. The fraction of sp³-hybridized carbons (Fsp3) is 0.267. The molecule has 0 atom stereocenters. The van der Waals surface area contributed by atoms with Crippen LogP contribution in [0.1, 0.15) is 11.1 Å². The van der Waals surface area contributed by atoms with E-state index in [0.717, 1.165) is 22.6 Å². The minimum Gasteiger partial charge on any atom is -0.492 e. The van der Waals surface area contributed by atoms with Gasteiger partial charge in [0.2, 0.25) is 0 Å². The molecule has 20 heavy (non-hydrogen) atoms. The van der Waals surface area contributed by atoms with Crippen LogP contribution in [0.5, 0.6) is 5.75 Å². The molecule has 0 saturated heterocycles. The van der Waals surface area contributed by atoms with Crippen LogP contribution < -0.4 is 4.74 Å². The Labute approximate surface area is 131 Å². The third kappa shape index (κ3) is 4.64. The summed E-state index contributed by atoms with van der Waals surface area (Å²) in [5.74, 6) is 0.746. The molecule has 0 saturated carbocycles. The molecular formula is C15H15BrN2OS. The van der Waals surface area contributed by atoms with E-state index < -0.39 is 0 Å². The molecule has 0 bridgehead atoms. The average Bonchev–Trinajstić information content (AvgIpc) is 2.84. The first-order valence-corrected chi connectivity index (χ1v) is 7.89. The van der Waals surface area contributed by atoms with Crippen LogP contribution in [0.2, 0.25) is 0 Å². The molecule has 1 aromatic carbocycles. The zero-order valence-corrected chi connectivity index (χ0v) is 13.6. The topological polar surface area (TPSA) is 36.3 Å². The average molecular weight is 351 g/mol. The molecule has 5 heteroatoms. The van der Waals surface area contributed by atoms with Crippen LogP contribution in [-0.4, -0.2) is 25.1 Å². The molecule has 0 fully saturated rings. The van der Waals surface area contributed by atoms with Crippen LogP contribution in [0, 0.1) is 11.3 Å². The summed E-state index contributed by atoms with van der Waals surface area (Å²) in [5, 5.41) is 11.0. The highest BCUT2D eigenvalue weighted by Gasteiger charge is 2.03. The van der Waals surface area contributed by atoms with Gasteiger partial charge in [0.15, 0.2) is 0 Å². The second-order valence-electron chi connectivity index (χ2n) is 4.48. The first kappa shape index (κ1) is 15.0. The molecule has 2 aromatic rings. The van der Waals surface area contributed by atoms with Gasteiger partial charge in [0.1, 0.15) is 12.4 Å².